The molecule has 3 rings (SSSR count). The second kappa shape index (κ2) is 11.3. The van der Waals surface area contributed by atoms with Gasteiger partial charge in [0.15, 0.2) is 0 Å². The Hall–Kier alpha value is -0.580. The summed E-state index contributed by atoms with van der Waals surface area (Å²) >= 11 is 3.99. The maximum absolute atomic E-state index is 5.91. The van der Waals surface area contributed by atoms with Crippen LogP contribution in [0.15, 0.2) is 29.7 Å². The molecule has 1 saturated heterocycles. The van der Waals surface area contributed by atoms with Gasteiger partial charge in [-0.15, -0.1) is 11.8 Å². The lowest BCUT2D eigenvalue weighted by Crippen LogP contribution is -2.34. The van der Waals surface area contributed by atoms with Crippen molar-refractivity contribution < 1.29 is 4.74 Å². The molecule has 2 heterocycles. The monoisotopic (exact) mass is 391 g/mol. The van der Waals surface area contributed by atoms with Crippen LogP contribution in [0.4, 0.5) is 0 Å². The van der Waals surface area contributed by atoms with Gasteiger partial charge in [0.05, 0.1) is 6.61 Å². The van der Waals surface area contributed by atoms with Gasteiger partial charge >= 0.3 is 0 Å². The first-order chi connectivity index (χ1) is 12.9. The summed E-state index contributed by atoms with van der Waals surface area (Å²) in [7, 11) is 0. The molecule has 1 atom stereocenters. The fourth-order valence-electron chi connectivity index (χ4n) is 3.50. The number of piperidine rings is 1. The van der Waals surface area contributed by atoms with Gasteiger partial charge < -0.3 is 4.74 Å². The molecule has 0 saturated carbocycles. The lowest BCUT2D eigenvalue weighted by molar-refractivity contribution is 0.253. The van der Waals surface area contributed by atoms with E-state index in [0.29, 0.717) is 4.71 Å². The number of nitrogens with zero attached hydrogens (tertiary/aromatic N) is 1. The van der Waals surface area contributed by atoms with Crippen molar-refractivity contribution >= 4 is 28.4 Å². The van der Waals surface area contributed by atoms with E-state index in [9.17, 15) is 0 Å². The summed E-state index contributed by atoms with van der Waals surface area (Å²) in [5.74, 6) is 1.01. The van der Waals surface area contributed by atoms with Gasteiger partial charge in [-0.3, -0.25) is 4.90 Å². The fraction of sp³-hybridized carbons (Fsp3) is 0.636. The molecule has 144 valence electrons. The standard InChI is InChI=1S/C22H33NOS2/c1-2-3-4-5-6-10-17-24-20-13-11-19(12-14-20)21-18-25-22(26-21)23-15-8-7-9-16-23/h11-14,18,22H,2-10,15-17H2,1H3. The van der Waals surface area contributed by atoms with Crippen LogP contribution in [0.25, 0.3) is 4.91 Å². The fourth-order valence-corrected chi connectivity index (χ4v) is 6.19. The first-order valence-electron chi connectivity index (χ1n) is 10.4. The zero-order chi connectivity index (χ0) is 18.0. The van der Waals surface area contributed by atoms with Crippen LogP contribution in [0.2, 0.25) is 0 Å². The predicted octanol–water partition coefficient (Wildman–Crippen LogP) is 6.97. The molecule has 1 unspecified atom stereocenters. The van der Waals surface area contributed by atoms with Crippen molar-refractivity contribution in [3.8, 4) is 5.75 Å². The molecule has 2 aliphatic heterocycles. The zero-order valence-corrected chi connectivity index (χ0v) is 17.8. The molecule has 26 heavy (non-hydrogen) atoms. The second-order valence-corrected chi connectivity index (χ2v) is 9.66. The van der Waals surface area contributed by atoms with Gasteiger partial charge in [-0.1, -0.05) is 69.3 Å². The van der Waals surface area contributed by atoms with Crippen molar-refractivity contribution in [2.24, 2.45) is 0 Å². The maximum atomic E-state index is 5.91. The Kier molecular flexibility index (Phi) is 8.77. The highest BCUT2D eigenvalue weighted by Crippen LogP contribution is 2.47. The number of benzene rings is 1. The Morgan fingerprint density at radius 3 is 2.46 bits per heavy atom. The average Bonchev–Trinajstić information content (AvgIpc) is 3.19. The largest absolute Gasteiger partial charge is 0.494 e. The van der Waals surface area contributed by atoms with Crippen molar-refractivity contribution in [2.75, 3.05) is 19.7 Å². The second-order valence-electron chi connectivity index (χ2n) is 7.28. The van der Waals surface area contributed by atoms with E-state index in [0.717, 1.165) is 12.4 Å². The van der Waals surface area contributed by atoms with E-state index in [-0.39, 0.29) is 0 Å². The molecule has 2 nitrogen and oxygen atoms in total. The van der Waals surface area contributed by atoms with Crippen LogP contribution in [0.1, 0.15) is 70.3 Å². The van der Waals surface area contributed by atoms with Gasteiger partial charge in [0.1, 0.15) is 10.5 Å². The lowest BCUT2D eigenvalue weighted by atomic mass is 10.1. The van der Waals surface area contributed by atoms with Crippen LogP contribution >= 0.6 is 23.5 Å². The SMILES string of the molecule is CCCCCCCCOc1ccc(C2=CSC(N3CCCCC3)S2)cc1. The van der Waals surface area contributed by atoms with Gasteiger partial charge in [0.25, 0.3) is 0 Å². The van der Waals surface area contributed by atoms with Gasteiger partial charge in [-0.2, -0.15) is 0 Å². The third-order valence-electron chi connectivity index (χ3n) is 5.11. The summed E-state index contributed by atoms with van der Waals surface area (Å²) in [6, 6.07) is 8.70. The highest BCUT2D eigenvalue weighted by Gasteiger charge is 2.26. The molecule has 4 heteroatoms. The number of thioether (sulfide) groups is 2. The molecule has 0 N–H and O–H groups in total. The molecule has 0 bridgehead atoms. The van der Waals surface area contributed by atoms with Crippen molar-refractivity contribution in [2.45, 2.75) is 69.4 Å². The van der Waals surface area contributed by atoms with Gasteiger partial charge in [-0.25, -0.2) is 0 Å². The van der Waals surface area contributed by atoms with Crippen molar-refractivity contribution in [3.05, 3.63) is 35.2 Å². The zero-order valence-electron chi connectivity index (χ0n) is 16.1. The summed E-state index contributed by atoms with van der Waals surface area (Å²) < 4.78 is 6.48. The summed E-state index contributed by atoms with van der Waals surface area (Å²) in [5, 5.41) is 2.34. The third-order valence-corrected chi connectivity index (χ3v) is 7.89. The van der Waals surface area contributed by atoms with Crippen molar-refractivity contribution in [1.29, 1.82) is 0 Å². The normalized spacial score (nSPS) is 21.0. The van der Waals surface area contributed by atoms with Gasteiger partial charge in [0, 0.05) is 4.91 Å². The topological polar surface area (TPSA) is 12.5 Å². The Morgan fingerprint density at radius 1 is 0.962 bits per heavy atom. The van der Waals surface area contributed by atoms with E-state index < -0.39 is 0 Å². The molecular formula is C22H33NOS2. The maximum Gasteiger partial charge on any atom is 0.119 e. The Balaban J connectivity index is 1.38. The molecule has 0 radical (unpaired) electrons. The molecule has 1 aromatic rings. The van der Waals surface area contributed by atoms with Crippen molar-refractivity contribution in [1.82, 2.24) is 4.90 Å². The minimum absolute atomic E-state index is 0.578. The van der Waals surface area contributed by atoms with Gasteiger partial charge in [-0.05, 0) is 55.5 Å². The van der Waals surface area contributed by atoms with Crippen LogP contribution in [-0.4, -0.2) is 29.3 Å². The number of unbranched alkanes of at least 4 members (excludes halogenated alkanes) is 5. The Labute approximate surface area is 168 Å². The number of rotatable bonds is 10. The number of likely N-dealkylation sites (tertiary alicyclic amines) is 1. The Morgan fingerprint density at radius 2 is 1.69 bits per heavy atom. The quantitative estimate of drug-likeness (QED) is 0.399. The van der Waals surface area contributed by atoms with E-state index in [1.54, 1.807) is 0 Å². The third kappa shape index (κ3) is 6.24. The molecule has 0 aliphatic carbocycles. The van der Waals surface area contributed by atoms with Crippen LogP contribution in [0.3, 0.4) is 0 Å². The lowest BCUT2D eigenvalue weighted by Gasteiger charge is -2.30. The number of ether oxygens (including phenoxy) is 1. The first-order valence-corrected chi connectivity index (χ1v) is 12.2. The minimum Gasteiger partial charge on any atom is -0.494 e. The van der Waals surface area contributed by atoms with E-state index in [2.05, 4.69) is 41.5 Å². The first kappa shape index (κ1) is 20.2. The molecule has 0 spiro atoms. The predicted molar refractivity (Wildman–Crippen MR) is 118 cm³/mol. The summed E-state index contributed by atoms with van der Waals surface area (Å²) in [6.45, 7) is 5.63. The molecule has 2 aliphatic rings. The van der Waals surface area contributed by atoms with E-state index in [4.69, 9.17) is 4.74 Å². The van der Waals surface area contributed by atoms with Crippen LogP contribution in [0.5, 0.6) is 5.75 Å². The highest BCUT2D eigenvalue weighted by atomic mass is 32.2. The van der Waals surface area contributed by atoms with Crippen LogP contribution in [-0.2, 0) is 0 Å². The molecule has 1 fully saturated rings. The minimum atomic E-state index is 0.578. The van der Waals surface area contributed by atoms with Crippen LogP contribution in [0, 0.1) is 0 Å². The molecular weight excluding hydrogens is 358 g/mol. The Bertz CT molecular complexity index is 552. The molecule has 0 amide bonds. The van der Waals surface area contributed by atoms with E-state index in [1.807, 2.05) is 23.5 Å². The average molecular weight is 392 g/mol. The molecule has 0 aromatic heterocycles. The van der Waals surface area contributed by atoms with Gasteiger partial charge in [0.2, 0.25) is 0 Å². The van der Waals surface area contributed by atoms with Crippen molar-refractivity contribution in [3.63, 3.8) is 0 Å². The number of hydrogen-bond donors (Lipinski definition) is 0. The summed E-state index contributed by atoms with van der Waals surface area (Å²) in [4.78, 5) is 4.05. The van der Waals surface area contributed by atoms with E-state index in [1.165, 1.54) is 81.3 Å². The summed E-state index contributed by atoms with van der Waals surface area (Å²) in [5.41, 5.74) is 1.33. The van der Waals surface area contributed by atoms with Crippen LogP contribution < -0.4 is 4.74 Å². The summed E-state index contributed by atoms with van der Waals surface area (Å²) in [6.07, 6.45) is 12.0. The van der Waals surface area contributed by atoms with E-state index >= 15 is 0 Å². The number of hydrogen-bond acceptors (Lipinski definition) is 4. The smallest absolute Gasteiger partial charge is 0.119 e. The molecule has 1 aromatic carbocycles. The highest BCUT2D eigenvalue weighted by molar-refractivity contribution is 8.26.